The van der Waals surface area contributed by atoms with Gasteiger partial charge in [0.25, 0.3) is 0 Å². The number of aliphatic hydroxyl groups excluding tert-OH is 1. The summed E-state index contributed by atoms with van der Waals surface area (Å²) >= 11 is 6.07. The standard InChI is InChI=1S/C25H19ClFN5O/c26-19-3-1-2-16(12-19)14-29-25-28-10-8-21(30-25)24-23(18-4-6-20(27)7-5-18)31-22-13-17(15-33)9-11-32(22)24/h1-13,33H,14-15H2,(H,28,29,30). The molecule has 0 saturated carbocycles. The quantitative estimate of drug-likeness (QED) is 0.358. The maximum absolute atomic E-state index is 13.5. The molecule has 8 heteroatoms. The zero-order valence-electron chi connectivity index (χ0n) is 17.4. The number of halogens is 2. The Bertz CT molecular complexity index is 1430. The van der Waals surface area contributed by atoms with E-state index >= 15 is 0 Å². The zero-order valence-corrected chi connectivity index (χ0v) is 18.2. The second kappa shape index (κ2) is 8.97. The molecule has 0 amide bonds. The van der Waals surface area contributed by atoms with E-state index in [0.717, 1.165) is 22.4 Å². The summed E-state index contributed by atoms with van der Waals surface area (Å²) in [5, 5.41) is 13.4. The van der Waals surface area contributed by atoms with Gasteiger partial charge in [-0.25, -0.2) is 19.3 Å². The Balaban J connectivity index is 1.57. The zero-order chi connectivity index (χ0) is 22.8. The lowest BCUT2D eigenvalue weighted by molar-refractivity contribution is 0.282. The smallest absolute Gasteiger partial charge is 0.223 e. The van der Waals surface area contributed by atoms with Gasteiger partial charge in [0.2, 0.25) is 5.95 Å². The number of nitrogens with one attached hydrogen (secondary N) is 1. The van der Waals surface area contributed by atoms with Gasteiger partial charge in [-0.3, -0.25) is 4.40 Å². The maximum atomic E-state index is 13.5. The summed E-state index contributed by atoms with van der Waals surface area (Å²) in [5.41, 5.74) is 5.22. The van der Waals surface area contributed by atoms with E-state index in [0.29, 0.717) is 34.6 Å². The van der Waals surface area contributed by atoms with Gasteiger partial charge in [-0.15, -0.1) is 0 Å². The summed E-state index contributed by atoms with van der Waals surface area (Å²) in [5.74, 6) is 0.139. The van der Waals surface area contributed by atoms with Crippen molar-refractivity contribution in [3.63, 3.8) is 0 Å². The van der Waals surface area contributed by atoms with Gasteiger partial charge in [0.1, 0.15) is 11.5 Å². The number of aliphatic hydroxyl groups is 1. The second-order valence-electron chi connectivity index (χ2n) is 7.49. The number of nitrogens with zero attached hydrogens (tertiary/aromatic N) is 4. The van der Waals surface area contributed by atoms with E-state index in [4.69, 9.17) is 21.6 Å². The lowest BCUT2D eigenvalue weighted by Crippen LogP contribution is -2.04. The molecule has 6 nitrogen and oxygen atoms in total. The number of pyridine rings is 1. The van der Waals surface area contributed by atoms with Crippen molar-refractivity contribution in [2.75, 3.05) is 5.32 Å². The van der Waals surface area contributed by atoms with Gasteiger partial charge >= 0.3 is 0 Å². The van der Waals surface area contributed by atoms with Gasteiger partial charge in [-0.1, -0.05) is 23.7 Å². The van der Waals surface area contributed by atoms with E-state index in [2.05, 4.69) is 10.3 Å². The van der Waals surface area contributed by atoms with Crippen LogP contribution in [0, 0.1) is 5.82 Å². The van der Waals surface area contributed by atoms with Crippen LogP contribution in [0.1, 0.15) is 11.1 Å². The molecule has 5 aromatic rings. The molecule has 0 atom stereocenters. The van der Waals surface area contributed by atoms with Crippen LogP contribution < -0.4 is 5.32 Å². The molecule has 0 aliphatic rings. The highest BCUT2D eigenvalue weighted by atomic mass is 35.5. The van der Waals surface area contributed by atoms with Crippen LogP contribution in [0.15, 0.2) is 79.1 Å². The van der Waals surface area contributed by atoms with E-state index in [1.165, 1.54) is 12.1 Å². The van der Waals surface area contributed by atoms with Gasteiger partial charge in [-0.2, -0.15) is 0 Å². The predicted molar refractivity (Wildman–Crippen MR) is 126 cm³/mol. The maximum Gasteiger partial charge on any atom is 0.223 e. The molecule has 0 bridgehead atoms. The summed E-state index contributed by atoms with van der Waals surface area (Å²) in [6.07, 6.45) is 3.52. The first kappa shape index (κ1) is 21.1. The molecule has 0 fully saturated rings. The summed E-state index contributed by atoms with van der Waals surface area (Å²) in [6.45, 7) is 0.428. The molecule has 5 rings (SSSR count). The first-order chi connectivity index (χ1) is 16.1. The number of benzene rings is 2. The highest BCUT2D eigenvalue weighted by Gasteiger charge is 2.18. The highest BCUT2D eigenvalue weighted by molar-refractivity contribution is 6.30. The van der Waals surface area contributed by atoms with Crippen molar-refractivity contribution in [1.82, 2.24) is 19.4 Å². The summed E-state index contributed by atoms with van der Waals surface area (Å²) in [7, 11) is 0. The Morgan fingerprint density at radius 1 is 0.970 bits per heavy atom. The van der Waals surface area contributed by atoms with Crippen LogP contribution in [0.25, 0.3) is 28.3 Å². The number of fused-ring (bicyclic) bond motifs is 1. The largest absolute Gasteiger partial charge is 0.392 e. The summed E-state index contributed by atoms with van der Waals surface area (Å²) < 4.78 is 15.4. The molecule has 2 N–H and O–H groups in total. The van der Waals surface area contributed by atoms with Crippen LogP contribution in [0.2, 0.25) is 5.02 Å². The number of aromatic nitrogens is 4. The Hall–Kier alpha value is -3.81. The average Bonchev–Trinajstić information content (AvgIpc) is 3.22. The van der Waals surface area contributed by atoms with Crippen molar-refractivity contribution >= 4 is 23.2 Å². The number of rotatable bonds is 6. The molecule has 0 aliphatic heterocycles. The average molecular weight is 460 g/mol. The monoisotopic (exact) mass is 459 g/mol. The van der Waals surface area contributed by atoms with Crippen molar-refractivity contribution < 1.29 is 9.50 Å². The molecule has 33 heavy (non-hydrogen) atoms. The number of hydrogen-bond donors (Lipinski definition) is 2. The van der Waals surface area contributed by atoms with Crippen LogP contribution in [-0.4, -0.2) is 24.5 Å². The molecular formula is C25H19ClFN5O. The fraction of sp³-hybridized carbons (Fsp3) is 0.0800. The number of imidazole rings is 1. The van der Waals surface area contributed by atoms with Crippen LogP contribution in [-0.2, 0) is 13.2 Å². The van der Waals surface area contributed by atoms with Crippen molar-refractivity contribution in [3.05, 3.63) is 101 Å². The minimum Gasteiger partial charge on any atom is -0.392 e. The summed E-state index contributed by atoms with van der Waals surface area (Å²) in [6, 6.07) is 19.2. The van der Waals surface area contributed by atoms with Gasteiger partial charge in [-0.05, 0) is 65.7 Å². The van der Waals surface area contributed by atoms with Crippen molar-refractivity contribution in [1.29, 1.82) is 0 Å². The molecule has 3 heterocycles. The normalized spacial score (nSPS) is 11.1. The van der Waals surface area contributed by atoms with Crippen molar-refractivity contribution in [2.45, 2.75) is 13.2 Å². The Morgan fingerprint density at radius 3 is 2.61 bits per heavy atom. The van der Waals surface area contributed by atoms with Gasteiger partial charge in [0.15, 0.2) is 0 Å². The van der Waals surface area contributed by atoms with Crippen LogP contribution in [0.5, 0.6) is 0 Å². The number of anilines is 1. The second-order valence-corrected chi connectivity index (χ2v) is 7.92. The fourth-order valence-corrected chi connectivity index (χ4v) is 3.86. The Labute approximate surface area is 194 Å². The molecule has 0 unspecified atom stereocenters. The molecular weight excluding hydrogens is 441 g/mol. The van der Waals surface area contributed by atoms with Gasteiger partial charge in [0.05, 0.1) is 23.7 Å². The highest BCUT2D eigenvalue weighted by Crippen LogP contribution is 2.32. The van der Waals surface area contributed by atoms with E-state index in [1.54, 1.807) is 24.4 Å². The lowest BCUT2D eigenvalue weighted by Gasteiger charge is -2.09. The number of hydrogen-bond acceptors (Lipinski definition) is 5. The third-order valence-corrected chi connectivity index (χ3v) is 5.46. The SMILES string of the molecule is OCc1ccn2c(-c3ccnc(NCc4cccc(Cl)c4)n3)c(-c3ccc(F)cc3)nc2c1. The Morgan fingerprint density at radius 2 is 1.82 bits per heavy atom. The van der Waals surface area contributed by atoms with Crippen LogP contribution in [0.3, 0.4) is 0 Å². The first-order valence-corrected chi connectivity index (χ1v) is 10.7. The molecule has 164 valence electrons. The van der Waals surface area contributed by atoms with Crippen LogP contribution in [0.4, 0.5) is 10.3 Å². The minimum atomic E-state index is -0.318. The first-order valence-electron chi connectivity index (χ1n) is 10.3. The van der Waals surface area contributed by atoms with Crippen molar-refractivity contribution in [3.8, 4) is 22.6 Å². The third-order valence-electron chi connectivity index (χ3n) is 5.23. The van der Waals surface area contributed by atoms with E-state index in [-0.39, 0.29) is 12.4 Å². The molecule has 2 aromatic carbocycles. The lowest BCUT2D eigenvalue weighted by atomic mass is 10.1. The molecule has 0 spiro atoms. The van der Waals surface area contributed by atoms with E-state index in [1.807, 2.05) is 47.0 Å². The van der Waals surface area contributed by atoms with Gasteiger partial charge < -0.3 is 10.4 Å². The molecule has 0 radical (unpaired) electrons. The van der Waals surface area contributed by atoms with Gasteiger partial charge in [0, 0.05) is 29.5 Å². The molecule has 3 aromatic heterocycles. The van der Waals surface area contributed by atoms with Crippen molar-refractivity contribution in [2.24, 2.45) is 0 Å². The molecule has 0 saturated heterocycles. The third kappa shape index (κ3) is 4.41. The summed E-state index contributed by atoms with van der Waals surface area (Å²) in [4.78, 5) is 13.8. The van der Waals surface area contributed by atoms with E-state index in [9.17, 15) is 9.50 Å². The topological polar surface area (TPSA) is 75.3 Å². The van der Waals surface area contributed by atoms with E-state index < -0.39 is 0 Å². The Kier molecular flexibility index (Phi) is 5.73. The molecule has 0 aliphatic carbocycles. The fourth-order valence-electron chi connectivity index (χ4n) is 3.64. The minimum absolute atomic E-state index is 0.0876. The van der Waals surface area contributed by atoms with Crippen LogP contribution >= 0.6 is 11.6 Å². The predicted octanol–water partition coefficient (Wildman–Crippen LogP) is 5.36.